The minimum absolute atomic E-state index is 0.0977. The Labute approximate surface area is 119 Å². The fraction of sp³-hybridized carbons (Fsp3) is 0.462. The number of hydrogen-bond acceptors (Lipinski definition) is 4. The van der Waals surface area contributed by atoms with Crippen LogP contribution in [0.4, 0.5) is 13.2 Å². The van der Waals surface area contributed by atoms with Gasteiger partial charge in [0.05, 0.1) is 12.7 Å². The highest BCUT2D eigenvalue weighted by molar-refractivity contribution is 5.94. The molecular weight excluding hydrogens is 289 g/mol. The lowest BCUT2D eigenvalue weighted by Gasteiger charge is -2.23. The van der Waals surface area contributed by atoms with E-state index in [2.05, 4.69) is 15.4 Å². The van der Waals surface area contributed by atoms with E-state index in [0.29, 0.717) is 13.2 Å². The summed E-state index contributed by atoms with van der Waals surface area (Å²) in [5.74, 6) is -0.900. The first-order chi connectivity index (χ1) is 9.94. The number of hydrogen-bond donors (Lipinski definition) is 2. The molecule has 1 atom stereocenters. The molecule has 1 fully saturated rings. The zero-order valence-electron chi connectivity index (χ0n) is 11.1. The second-order valence-electron chi connectivity index (χ2n) is 4.48. The molecule has 1 aliphatic heterocycles. The molecule has 2 rings (SSSR count). The molecule has 1 amide bonds. The summed E-state index contributed by atoms with van der Waals surface area (Å²) in [5.41, 5.74) is 0.0977. The smallest absolute Gasteiger partial charge is 0.406 e. The van der Waals surface area contributed by atoms with E-state index < -0.39 is 18.0 Å². The first-order valence-electron chi connectivity index (χ1n) is 6.40. The van der Waals surface area contributed by atoms with Crippen LogP contribution < -0.4 is 15.4 Å². The minimum atomic E-state index is -4.78. The van der Waals surface area contributed by atoms with Crippen LogP contribution in [0.25, 0.3) is 0 Å². The van der Waals surface area contributed by atoms with E-state index in [1.165, 1.54) is 12.1 Å². The number of halogens is 3. The molecule has 1 saturated heterocycles. The molecule has 0 bridgehead atoms. The number of ether oxygens (including phenoxy) is 2. The Kier molecular flexibility index (Phi) is 5.03. The van der Waals surface area contributed by atoms with Gasteiger partial charge in [0.2, 0.25) is 0 Å². The van der Waals surface area contributed by atoms with Gasteiger partial charge in [-0.05, 0) is 18.2 Å². The molecule has 1 aromatic carbocycles. The van der Waals surface area contributed by atoms with Crippen molar-refractivity contribution in [3.8, 4) is 5.75 Å². The number of nitrogens with one attached hydrogen (secondary N) is 2. The molecule has 2 N–H and O–H groups in total. The van der Waals surface area contributed by atoms with Gasteiger partial charge in [-0.2, -0.15) is 0 Å². The largest absolute Gasteiger partial charge is 0.573 e. The fourth-order valence-corrected chi connectivity index (χ4v) is 1.89. The van der Waals surface area contributed by atoms with Crippen LogP contribution in [0.3, 0.4) is 0 Å². The molecular formula is C13H15F3N2O3. The zero-order valence-corrected chi connectivity index (χ0v) is 11.1. The summed E-state index contributed by atoms with van der Waals surface area (Å²) >= 11 is 0. The summed E-state index contributed by atoms with van der Waals surface area (Å²) in [6.07, 6.45) is -4.92. The first-order valence-corrected chi connectivity index (χ1v) is 6.40. The molecule has 1 heterocycles. The van der Waals surface area contributed by atoms with Gasteiger partial charge in [0.25, 0.3) is 5.91 Å². The number of carbonyl (C=O) groups is 1. The predicted octanol–water partition coefficient (Wildman–Crippen LogP) is 1.30. The molecule has 116 valence electrons. The highest BCUT2D eigenvalue weighted by Crippen LogP contribution is 2.23. The van der Waals surface area contributed by atoms with Gasteiger partial charge in [0, 0.05) is 25.2 Å². The van der Waals surface area contributed by atoms with Gasteiger partial charge in [-0.15, -0.1) is 13.2 Å². The summed E-state index contributed by atoms with van der Waals surface area (Å²) in [6.45, 7) is 2.24. The van der Waals surface area contributed by atoms with Crippen LogP contribution in [0.15, 0.2) is 24.3 Å². The van der Waals surface area contributed by atoms with Crippen molar-refractivity contribution in [1.82, 2.24) is 10.6 Å². The third kappa shape index (κ3) is 5.24. The second kappa shape index (κ2) is 6.77. The number of benzene rings is 1. The third-order valence-electron chi connectivity index (χ3n) is 2.82. The lowest BCUT2D eigenvalue weighted by atomic mass is 10.2. The van der Waals surface area contributed by atoms with E-state index in [0.717, 1.165) is 18.7 Å². The van der Waals surface area contributed by atoms with E-state index in [1.54, 1.807) is 0 Å². The topological polar surface area (TPSA) is 59.6 Å². The van der Waals surface area contributed by atoms with Crippen LogP contribution in [0.5, 0.6) is 5.75 Å². The SMILES string of the molecule is O=C(NCC1CNCCO1)c1cccc(OC(F)(F)F)c1. The molecule has 0 aliphatic carbocycles. The van der Waals surface area contributed by atoms with Crippen molar-refractivity contribution in [1.29, 1.82) is 0 Å². The van der Waals surface area contributed by atoms with Crippen molar-refractivity contribution >= 4 is 5.91 Å². The molecule has 21 heavy (non-hydrogen) atoms. The maximum atomic E-state index is 12.1. The van der Waals surface area contributed by atoms with E-state index >= 15 is 0 Å². The Balaban J connectivity index is 1.91. The van der Waals surface area contributed by atoms with E-state index in [1.807, 2.05) is 0 Å². The highest BCUT2D eigenvalue weighted by Gasteiger charge is 2.31. The van der Waals surface area contributed by atoms with E-state index in [9.17, 15) is 18.0 Å². The molecule has 5 nitrogen and oxygen atoms in total. The average Bonchev–Trinajstić information content (AvgIpc) is 2.44. The molecule has 0 spiro atoms. The van der Waals surface area contributed by atoms with Crippen LogP contribution in [0.1, 0.15) is 10.4 Å². The first kappa shape index (κ1) is 15.6. The third-order valence-corrected chi connectivity index (χ3v) is 2.82. The van der Waals surface area contributed by atoms with E-state index in [4.69, 9.17) is 4.74 Å². The number of rotatable bonds is 4. The number of carbonyl (C=O) groups excluding carboxylic acids is 1. The van der Waals surface area contributed by atoms with Crippen LogP contribution in [0, 0.1) is 0 Å². The van der Waals surface area contributed by atoms with Crippen molar-refractivity contribution in [2.24, 2.45) is 0 Å². The van der Waals surface area contributed by atoms with Gasteiger partial charge in [-0.1, -0.05) is 6.07 Å². The summed E-state index contributed by atoms with van der Waals surface area (Å²) in [4.78, 5) is 11.9. The standard InChI is InChI=1S/C13H15F3N2O3/c14-13(15,16)21-10-3-1-2-9(6-10)12(19)18-8-11-7-17-4-5-20-11/h1-3,6,11,17H,4-5,7-8H2,(H,18,19). The lowest BCUT2D eigenvalue weighted by Crippen LogP contribution is -2.45. The van der Waals surface area contributed by atoms with Crippen LogP contribution in [-0.2, 0) is 4.74 Å². The number of alkyl halides is 3. The molecule has 1 aromatic rings. The normalized spacial score (nSPS) is 19.1. The quantitative estimate of drug-likeness (QED) is 0.880. The Hall–Kier alpha value is -1.80. The number of morpholine rings is 1. The van der Waals surface area contributed by atoms with Crippen LogP contribution >= 0.6 is 0 Å². The Morgan fingerprint density at radius 2 is 2.29 bits per heavy atom. The molecule has 0 saturated carbocycles. The molecule has 1 aliphatic rings. The average molecular weight is 304 g/mol. The van der Waals surface area contributed by atoms with Gasteiger partial charge in [-0.25, -0.2) is 0 Å². The molecule has 1 unspecified atom stereocenters. The maximum Gasteiger partial charge on any atom is 0.573 e. The van der Waals surface area contributed by atoms with Crippen molar-refractivity contribution in [3.63, 3.8) is 0 Å². The Morgan fingerprint density at radius 1 is 1.48 bits per heavy atom. The fourth-order valence-electron chi connectivity index (χ4n) is 1.89. The van der Waals surface area contributed by atoms with Crippen LogP contribution in [-0.4, -0.2) is 44.6 Å². The minimum Gasteiger partial charge on any atom is -0.406 e. The summed E-state index contributed by atoms with van der Waals surface area (Å²) in [6, 6.07) is 4.93. The molecule has 0 aromatic heterocycles. The van der Waals surface area contributed by atoms with Gasteiger partial charge in [0.15, 0.2) is 0 Å². The van der Waals surface area contributed by atoms with Gasteiger partial charge in [0.1, 0.15) is 5.75 Å². The van der Waals surface area contributed by atoms with Crippen molar-refractivity contribution < 1.29 is 27.4 Å². The predicted molar refractivity (Wildman–Crippen MR) is 68.1 cm³/mol. The molecule has 8 heteroatoms. The Morgan fingerprint density at radius 3 is 2.95 bits per heavy atom. The Bertz CT molecular complexity index is 488. The maximum absolute atomic E-state index is 12.1. The van der Waals surface area contributed by atoms with Crippen molar-refractivity contribution in [2.45, 2.75) is 12.5 Å². The summed E-state index contributed by atoms with van der Waals surface area (Å²) < 4.78 is 45.5. The highest BCUT2D eigenvalue weighted by atomic mass is 19.4. The van der Waals surface area contributed by atoms with Gasteiger partial charge < -0.3 is 20.1 Å². The van der Waals surface area contributed by atoms with Crippen LogP contribution in [0.2, 0.25) is 0 Å². The zero-order chi connectivity index (χ0) is 15.3. The van der Waals surface area contributed by atoms with E-state index in [-0.39, 0.29) is 18.2 Å². The summed E-state index contributed by atoms with van der Waals surface area (Å²) in [5, 5.41) is 5.73. The van der Waals surface area contributed by atoms with Crippen molar-refractivity contribution in [3.05, 3.63) is 29.8 Å². The second-order valence-corrected chi connectivity index (χ2v) is 4.48. The lowest BCUT2D eigenvalue weighted by molar-refractivity contribution is -0.274. The monoisotopic (exact) mass is 304 g/mol. The van der Waals surface area contributed by atoms with Crippen molar-refractivity contribution in [2.75, 3.05) is 26.2 Å². The summed E-state index contributed by atoms with van der Waals surface area (Å²) in [7, 11) is 0. The molecule has 0 radical (unpaired) electrons. The van der Waals surface area contributed by atoms with Gasteiger partial charge >= 0.3 is 6.36 Å². The number of amides is 1. The van der Waals surface area contributed by atoms with Gasteiger partial charge in [-0.3, -0.25) is 4.79 Å².